The van der Waals surface area contributed by atoms with Gasteiger partial charge in [-0.25, -0.2) is 9.13 Å². The smallest absolute Gasteiger partial charge is 0.462 e. The van der Waals surface area contributed by atoms with Crippen LogP contribution in [-0.4, -0.2) is 96.7 Å². The van der Waals surface area contributed by atoms with Gasteiger partial charge in [0, 0.05) is 25.7 Å². The lowest BCUT2D eigenvalue weighted by Crippen LogP contribution is -2.30. The van der Waals surface area contributed by atoms with E-state index in [1.54, 1.807) is 0 Å². The minimum atomic E-state index is -4.96. The summed E-state index contributed by atoms with van der Waals surface area (Å²) in [7, 11) is -9.92. The second-order valence-electron chi connectivity index (χ2n) is 30.0. The molecule has 0 rings (SSSR count). The van der Waals surface area contributed by atoms with Gasteiger partial charge in [-0.3, -0.25) is 37.3 Å². The van der Waals surface area contributed by atoms with Crippen LogP contribution < -0.4 is 0 Å². The first-order chi connectivity index (χ1) is 47.7. The summed E-state index contributed by atoms with van der Waals surface area (Å²) in [6, 6.07) is 0. The molecule has 0 fully saturated rings. The molecule has 0 amide bonds. The van der Waals surface area contributed by atoms with Gasteiger partial charge in [0.25, 0.3) is 0 Å². The number of aliphatic hydroxyl groups excluding tert-OH is 1. The topological polar surface area (TPSA) is 237 Å². The Morgan fingerprint density at radius 2 is 0.485 bits per heavy atom. The SMILES string of the molecule is CCC(C)CCCCCCCCCCCCCCCCC(=O)O[C@H](COC(=O)CCCCCCCCC(C)CC)COP(=O)(O)OC[C@H](O)COP(=O)(O)OC[C@@H](COC(=O)CCCCCCCCCCCCCCCCC(C)C)OC(=O)CCCCCCCCCCCCC(C)CC. The molecule has 0 spiro atoms. The van der Waals surface area contributed by atoms with Crippen molar-refractivity contribution in [3.05, 3.63) is 0 Å². The molecule has 3 N–H and O–H groups in total. The zero-order valence-corrected chi connectivity index (χ0v) is 66.9. The number of unbranched alkanes of at least 4 members (excludes halogenated alkanes) is 40. The summed E-state index contributed by atoms with van der Waals surface area (Å²) in [6.45, 7) is 14.3. The van der Waals surface area contributed by atoms with Crippen LogP contribution in [0.2, 0.25) is 0 Å². The summed E-state index contributed by atoms with van der Waals surface area (Å²) in [5, 5.41) is 10.6. The highest BCUT2D eigenvalue weighted by Crippen LogP contribution is 2.45. The maximum Gasteiger partial charge on any atom is 0.472 e. The quantitative estimate of drug-likeness (QED) is 0.0222. The van der Waals surface area contributed by atoms with Gasteiger partial charge in [0.15, 0.2) is 12.2 Å². The van der Waals surface area contributed by atoms with Gasteiger partial charge in [-0.15, -0.1) is 0 Å². The zero-order chi connectivity index (χ0) is 73.1. The highest BCUT2D eigenvalue weighted by atomic mass is 31.2. The predicted octanol–water partition coefficient (Wildman–Crippen LogP) is 23.6. The molecule has 99 heavy (non-hydrogen) atoms. The summed E-state index contributed by atoms with van der Waals surface area (Å²) >= 11 is 0. The number of hydrogen-bond donors (Lipinski definition) is 3. The number of rotatable bonds is 77. The van der Waals surface area contributed by atoms with E-state index in [-0.39, 0.29) is 25.7 Å². The van der Waals surface area contributed by atoms with Crippen molar-refractivity contribution in [3.63, 3.8) is 0 Å². The summed E-state index contributed by atoms with van der Waals surface area (Å²) in [4.78, 5) is 73.0. The molecule has 0 bridgehead atoms. The van der Waals surface area contributed by atoms with E-state index < -0.39 is 97.5 Å². The minimum absolute atomic E-state index is 0.106. The molecule has 0 heterocycles. The lowest BCUT2D eigenvalue weighted by atomic mass is 9.99. The van der Waals surface area contributed by atoms with Gasteiger partial charge in [-0.2, -0.15) is 0 Å². The summed E-state index contributed by atoms with van der Waals surface area (Å²) in [5.41, 5.74) is 0. The van der Waals surface area contributed by atoms with Crippen molar-refractivity contribution in [2.45, 2.75) is 427 Å². The fourth-order valence-electron chi connectivity index (χ4n) is 12.2. The second-order valence-corrected chi connectivity index (χ2v) is 32.9. The van der Waals surface area contributed by atoms with E-state index in [1.165, 1.54) is 205 Å². The van der Waals surface area contributed by atoms with E-state index in [0.29, 0.717) is 25.7 Å². The first-order valence-electron chi connectivity index (χ1n) is 41.3. The first kappa shape index (κ1) is 97.1. The van der Waals surface area contributed by atoms with Crippen LogP contribution in [0.3, 0.4) is 0 Å². The Morgan fingerprint density at radius 1 is 0.283 bits per heavy atom. The molecule has 0 saturated carbocycles. The second kappa shape index (κ2) is 69.1. The normalized spacial score (nSPS) is 14.9. The fourth-order valence-corrected chi connectivity index (χ4v) is 13.7. The summed E-state index contributed by atoms with van der Waals surface area (Å²) < 4.78 is 68.7. The number of aliphatic hydroxyl groups is 1. The number of ether oxygens (including phenoxy) is 4. The Bertz CT molecular complexity index is 1940. The third kappa shape index (κ3) is 70.2. The highest BCUT2D eigenvalue weighted by molar-refractivity contribution is 7.47. The molecular formula is C80H156O17P2. The van der Waals surface area contributed by atoms with Crippen LogP contribution in [0.5, 0.6) is 0 Å². The number of phosphoric ester groups is 2. The molecule has 0 aromatic heterocycles. The van der Waals surface area contributed by atoms with E-state index in [0.717, 1.165) is 120 Å². The molecule has 5 unspecified atom stereocenters. The maximum atomic E-state index is 13.1. The largest absolute Gasteiger partial charge is 0.472 e. The molecular weight excluding hydrogens is 1290 g/mol. The van der Waals surface area contributed by atoms with Crippen molar-refractivity contribution in [3.8, 4) is 0 Å². The van der Waals surface area contributed by atoms with Crippen molar-refractivity contribution in [1.82, 2.24) is 0 Å². The number of carbonyl (C=O) groups is 4. The van der Waals surface area contributed by atoms with Gasteiger partial charge in [0.2, 0.25) is 0 Å². The van der Waals surface area contributed by atoms with Gasteiger partial charge < -0.3 is 33.8 Å². The van der Waals surface area contributed by atoms with Crippen LogP contribution in [0, 0.1) is 23.7 Å². The monoisotopic (exact) mass is 1450 g/mol. The Balaban J connectivity index is 5.24. The van der Waals surface area contributed by atoms with Crippen LogP contribution in [0.1, 0.15) is 409 Å². The third-order valence-electron chi connectivity index (χ3n) is 19.7. The number of carbonyl (C=O) groups excluding carboxylic acids is 4. The Labute approximate surface area is 607 Å². The standard InChI is InChI=1S/C80H156O17P2/c1-9-71(6)57-49-41-33-27-21-17-13-15-19-23-30-36-46-54-62-79(84)97-76(67-91-78(83)61-53-45-39-38-43-51-59-73(8)11-3)69-95-99(88,89)93-65-74(81)64-92-98(86,87)94-68-75(96-80(85)63-55-47-37-31-25-24-28-34-42-50-58-72(7)10-2)66-90-77(82)60-52-44-35-29-22-18-14-12-16-20-26-32-40-48-56-70(4)5/h70-76,81H,9-69H2,1-8H3,(H,86,87)(H,88,89)/t71?,72?,73?,74-,75-,76-/m1/s1. The third-order valence-corrected chi connectivity index (χ3v) is 21.6. The Kier molecular flexibility index (Phi) is 67.8. The van der Waals surface area contributed by atoms with E-state index in [4.69, 9.17) is 37.0 Å². The Morgan fingerprint density at radius 3 is 0.717 bits per heavy atom. The van der Waals surface area contributed by atoms with Gasteiger partial charge in [-0.05, 0) is 49.4 Å². The molecule has 8 atom stereocenters. The summed E-state index contributed by atoms with van der Waals surface area (Å²) in [5.74, 6) is 1.06. The van der Waals surface area contributed by atoms with E-state index in [9.17, 15) is 43.2 Å². The molecule has 17 nitrogen and oxygen atoms in total. The summed E-state index contributed by atoms with van der Waals surface area (Å²) in [6.07, 6.45) is 55.3. The van der Waals surface area contributed by atoms with Gasteiger partial charge >= 0.3 is 39.5 Å². The van der Waals surface area contributed by atoms with Crippen molar-refractivity contribution in [1.29, 1.82) is 0 Å². The average molecular weight is 1450 g/mol. The molecule has 0 saturated heterocycles. The lowest BCUT2D eigenvalue weighted by Gasteiger charge is -2.21. The van der Waals surface area contributed by atoms with E-state index in [1.807, 2.05) is 0 Å². The zero-order valence-electron chi connectivity index (χ0n) is 65.1. The number of hydrogen-bond acceptors (Lipinski definition) is 15. The number of phosphoric acid groups is 2. The van der Waals surface area contributed by atoms with Gasteiger partial charge in [0.1, 0.15) is 19.3 Å². The van der Waals surface area contributed by atoms with Crippen LogP contribution in [0.4, 0.5) is 0 Å². The van der Waals surface area contributed by atoms with E-state index in [2.05, 4.69) is 55.4 Å². The van der Waals surface area contributed by atoms with Crippen molar-refractivity contribution < 1.29 is 80.2 Å². The van der Waals surface area contributed by atoms with E-state index >= 15 is 0 Å². The maximum absolute atomic E-state index is 13.1. The van der Waals surface area contributed by atoms with Gasteiger partial charge in [0.05, 0.1) is 26.4 Å². The lowest BCUT2D eigenvalue weighted by molar-refractivity contribution is -0.161. The van der Waals surface area contributed by atoms with Gasteiger partial charge in [-0.1, -0.05) is 357 Å². The minimum Gasteiger partial charge on any atom is -0.462 e. The molecule has 0 aromatic carbocycles. The number of esters is 4. The van der Waals surface area contributed by atoms with Crippen molar-refractivity contribution in [2.24, 2.45) is 23.7 Å². The van der Waals surface area contributed by atoms with Crippen molar-refractivity contribution >= 4 is 39.5 Å². The molecule has 0 radical (unpaired) electrons. The molecule has 0 aliphatic rings. The van der Waals surface area contributed by atoms with Crippen molar-refractivity contribution in [2.75, 3.05) is 39.6 Å². The first-order valence-corrected chi connectivity index (χ1v) is 44.3. The van der Waals surface area contributed by atoms with Crippen LogP contribution in [-0.2, 0) is 65.4 Å². The molecule has 19 heteroatoms. The Hall–Kier alpha value is -1.94. The predicted molar refractivity (Wildman–Crippen MR) is 404 cm³/mol. The highest BCUT2D eigenvalue weighted by Gasteiger charge is 2.30. The van der Waals surface area contributed by atoms with Crippen LogP contribution in [0.25, 0.3) is 0 Å². The molecule has 0 aliphatic carbocycles. The average Bonchev–Trinajstić information content (AvgIpc) is 1.28. The van der Waals surface area contributed by atoms with Crippen LogP contribution >= 0.6 is 15.6 Å². The fraction of sp³-hybridized carbons (Fsp3) is 0.950. The molecule has 0 aromatic rings. The molecule has 588 valence electrons. The molecule has 0 aliphatic heterocycles. The van der Waals surface area contributed by atoms with Crippen LogP contribution in [0.15, 0.2) is 0 Å².